The zero-order valence-electron chi connectivity index (χ0n) is 21.2. The quantitative estimate of drug-likeness (QED) is 0.418. The summed E-state index contributed by atoms with van der Waals surface area (Å²) < 4.78 is 6.87. The Morgan fingerprint density at radius 3 is 2.23 bits per heavy atom. The number of amides is 1. The third-order valence-corrected chi connectivity index (χ3v) is 6.04. The van der Waals surface area contributed by atoms with Gasteiger partial charge >= 0.3 is 0 Å². The maximum absolute atomic E-state index is 13.7. The van der Waals surface area contributed by atoms with E-state index in [0.29, 0.717) is 52.8 Å². The fourth-order valence-electron chi connectivity index (χ4n) is 3.82. The van der Waals surface area contributed by atoms with Gasteiger partial charge in [0.2, 0.25) is 5.91 Å². The minimum absolute atomic E-state index is 0.0789. The first kappa shape index (κ1) is 26.0. The molecular formula is C28H34N4O3. The van der Waals surface area contributed by atoms with Crippen LogP contribution in [0.25, 0.3) is 22.3 Å². The lowest BCUT2D eigenvalue weighted by Crippen LogP contribution is -2.39. The summed E-state index contributed by atoms with van der Waals surface area (Å²) in [6, 6.07) is 14.1. The molecule has 0 bridgehead atoms. The zero-order valence-corrected chi connectivity index (χ0v) is 21.2. The summed E-state index contributed by atoms with van der Waals surface area (Å²) in [6.07, 6.45) is 1.81. The third kappa shape index (κ3) is 6.48. The molecule has 0 spiro atoms. The molecule has 1 aromatic heterocycles. The van der Waals surface area contributed by atoms with Gasteiger partial charge in [0.1, 0.15) is 18.0 Å². The molecule has 0 N–H and O–H groups in total. The summed E-state index contributed by atoms with van der Waals surface area (Å²) >= 11 is 0. The van der Waals surface area contributed by atoms with Crippen molar-refractivity contribution < 1.29 is 9.53 Å². The van der Waals surface area contributed by atoms with Gasteiger partial charge in [-0.25, -0.2) is 4.98 Å². The standard InChI is InChI=1S/C28H34N4O3/c1-19(2)12-14-31(15-13-20(3)4)26(33)18-32-25-16-23(35-5)10-11-24(25)30-27(28(32)34)22-8-6-21(17-29)7-9-22/h6-11,16,19-20H,12-15,18H2,1-5H3. The second-order valence-electron chi connectivity index (χ2n) is 9.64. The van der Waals surface area contributed by atoms with Gasteiger partial charge in [0.25, 0.3) is 5.56 Å². The van der Waals surface area contributed by atoms with Crippen LogP contribution >= 0.6 is 0 Å². The van der Waals surface area contributed by atoms with Crippen LogP contribution in [0.1, 0.15) is 46.1 Å². The number of ether oxygens (including phenoxy) is 1. The van der Waals surface area contributed by atoms with Crippen LogP contribution in [0, 0.1) is 23.2 Å². The number of hydrogen-bond donors (Lipinski definition) is 0. The van der Waals surface area contributed by atoms with Crippen molar-refractivity contribution in [2.45, 2.75) is 47.1 Å². The first-order valence-electron chi connectivity index (χ1n) is 12.1. The largest absolute Gasteiger partial charge is 0.497 e. The van der Waals surface area contributed by atoms with Crippen molar-refractivity contribution in [3.8, 4) is 23.1 Å². The maximum atomic E-state index is 13.7. The van der Waals surface area contributed by atoms with Crippen molar-refractivity contribution in [2.75, 3.05) is 20.2 Å². The maximum Gasteiger partial charge on any atom is 0.278 e. The Balaban J connectivity index is 2.08. The van der Waals surface area contributed by atoms with Crippen LogP contribution in [-0.2, 0) is 11.3 Å². The molecule has 3 rings (SSSR count). The number of carbonyl (C=O) groups excluding carboxylic acids is 1. The number of benzene rings is 2. The summed E-state index contributed by atoms with van der Waals surface area (Å²) in [7, 11) is 1.56. The lowest BCUT2D eigenvalue weighted by atomic mass is 10.1. The molecule has 7 heteroatoms. The van der Waals surface area contributed by atoms with E-state index in [1.54, 1.807) is 49.6 Å². The van der Waals surface area contributed by atoms with Gasteiger partial charge < -0.3 is 9.64 Å². The Bertz CT molecular complexity index is 1260. The SMILES string of the molecule is COc1ccc2nc(-c3ccc(C#N)cc3)c(=O)n(CC(=O)N(CCC(C)C)CCC(C)C)c2c1. The van der Waals surface area contributed by atoms with Crippen molar-refractivity contribution in [2.24, 2.45) is 11.8 Å². The molecular weight excluding hydrogens is 440 g/mol. The molecule has 0 unspecified atom stereocenters. The second kappa shape index (κ2) is 11.7. The van der Waals surface area contributed by atoms with Crippen molar-refractivity contribution in [3.05, 3.63) is 58.4 Å². The number of nitriles is 1. The number of hydrogen-bond acceptors (Lipinski definition) is 5. The van der Waals surface area contributed by atoms with E-state index < -0.39 is 0 Å². The third-order valence-electron chi connectivity index (χ3n) is 6.04. The summed E-state index contributed by atoms with van der Waals surface area (Å²) in [6.45, 7) is 9.80. The highest BCUT2D eigenvalue weighted by Gasteiger charge is 2.20. The van der Waals surface area contributed by atoms with Gasteiger partial charge in [-0.2, -0.15) is 5.26 Å². The molecule has 2 aromatic carbocycles. The van der Waals surface area contributed by atoms with Gasteiger partial charge in [0, 0.05) is 24.7 Å². The Labute approximate surface area is 207 Å². The summed E-state index contributed by atoms with van der Waals surface area (Å²) in [5.41, 5.74) is 2.14. The van der Waals surface area contributed by atoms with Gasteiger partial charge in [-0.3, -0.25) is 14.2 Å². The summed E-state index contributed by atoms with van der Waals surface area (Å²) in [5, 5.41) is 9.11. The van der Waals surface area contributed by atoms with Crippen molar-refractivity contribution >= 4 is 16.9 Å². The van der Waals surface area contributed by atoms with Crippen molar-refractivity contribution in [3.63, 3.8) is 0 Å². The monoisotopic (exact) mass is 474 g/mol. The van der Waals surface area contributed by atoms with E-state index in [2.05, 4.69) is 38.7 Å². The second-order valence-corrected chi connectivity index (χ2v) is 9.64. The number of nitrogens with zero attached hydrogens (tertiary/aromatic N) is 4. The summed E-state index contributed by atoms with van der Waals surface area (Å²) in [5.74, 6) is 1.44. The summed E-state index contributed by atoms with van der Waals surface area (Å²) in [4.78, 5) is 33.6. The van der Waals surface area contributed by atoms with Crippen LogP contribution in [0.3, 0.4) is 0 Å². The lowest BCUT2D eigenvalue weighted by molar-refractivity contribution is -0.132. The normalized spacial score (nSPS) is 11.1. The smallest absolute Gasteiger partial charge is 0.278 e. The molecule has 1 amide bonds. The molecule has 0 atom stereocenters. The van der Waals surface area contributed by atoms with Crippen LogP contribution in [0.15, 0.2) is 47.3 Å². The molecule has 0 radical (unpaired) electrons. The first-order valence-corrected chi connectivity index (χ1v) is 12.1. The van der Waals surface area contributed by atoms with Gasteiger partial charge in [-0.15, -0.1) is 0 Å². The van der Waals surface area contributed by atoms with E-state index in [1.807, 2.05) is 4.90 Å². The van der Waals surface area contributed by atoms with Gasteiger partial charge in [0.15, 0.2) is 0 Å². The Morgan fingerprint density at radius 1 is 1.06 bits per heavy atom. The molecule has 35 heavy (non-hydrogen) atoms. The highest BCUT2D eigenvalue weighted by Crippen LogP contribution is 2.22. The topological polar surface area (TPSA) is 88.2 Å². The lowest BCUT2D eigenvalue weighted by Gasteiger charge is -2.25. The average molecular weight is 475 g/mol. The molecule has 0 aliphatic rings. The van der Waals surface area contributed by atoms with Gasteiger partial charge in [-0.05, 0) is 48.9 Å². The van der Waals surface area contributed by atoms with Crippen LogP contribution in [0.4, 0.5) is 0 Å². The minimum atomic E-state index is -0.350. The molecule has 0 saturated carbocycles. The van der Waals surface area contributed by atoms with E-state index >= 15 is 0 Å². The van der Waals surface area contributed by atoms with Crippen LogP contribution in [-0.4, -0.2) is 40.6 Å². The fraction of sp³-hybridized carbons (Fsp3) is 0.429. The van der Waals surface area contributed by atoms with Crippen LogP contribution in [0.5, 0.6) is 5.75 Å². The number of fused-ring (bicyclic) bond motifs is 1. The van der Waals surface area contributed by atoms with Crippen LogP contribution in [0.2, 0.25) is 0 Å². The molecule has 0 fully saturated rings. The minimum Gasteiger partial charge on any atom is -0.497 e. The highest BCUT2D eigenvalue weighted by molar-refractivity contribution is 5.83. The van der Waals surface area contributed by atoms with E-state index in [4.69, 9.17) is 10.00 Å². The molecule has 0 aliphatic carbocycles. The number of aromatic nitrogens is 2. The first-order chi connectivity index (χ1) is 16.7. The molecule has 1 heterocycles. The number of carbonyl (C=O) groups is 1. The Hall–Kier alpha value is -3.66. The Morgan fingerprint density at radius 2 is 1.69 bits per heavy atom. The van der Waals surface area contributed by atoms with Crippen molar-refractivity contribution in [1.29, 1.82) is 5.26 Å². The zero-order chi connectivity index (χ0) is 25.5. The molecule has 0 saturated heterocycles. The van der Waals surface area contributed by atoms with E-state index in [-0.39, 0.29) is 23.7 Å². The highest BCUT2D eigenvalue weighted by atomic mass is 16.5. The van der Waals surface area contributed by atoms with E-state index in [9.17, 15) is 9.59 Å². The predicted octanol–water partition coefficient (Wildman–Crippen LogP) is 4.86. The van der Waals surface area contributed by atoms with Crippen molar-refractivity contribution in [1.82, 2.24) is 14.5 Å². The molecule has 184 valence electrons. The Kier molecular flexibility index (Phi) is 8.64. The van der Waals surface area contributed by atoms with Crippen LogP contribution < -0.4 is 10.3 Å². The fourth-order valence-corrected chi connectivity index (χ4v) is 3.82. The molecule has 3 aromatic rings. The van der Waals surface area contributed by atoms with E-state index in [1.165, 1.54) is 4.57 Å². The molecule has 0 aliphatic heterocycles. The van der Waals surface area contributed by atoms with E-state index in [0.717, 1.165) is 12.8 Å². The number of methoxy groups -OCH3 is 1. The number of rotatable bonds is 10. The van der Waals surface area contributed by atoms with Gasteiger partial charge in [-0.1, -0.05) is 39.8 Å². The average Bonchev–Trinajstić information content (AvgIpc) is 2.84. The predicted molar refractivity (Wildman–Crippen MR) is 138 cm³/mol. The van der Waals surface area contributed by atoms with Gasteiger partial charge in [0.05, 0.1) is 29.8 Å². The molecule has 7 nitrogen and oxygen atoms in total.